The van der Waals surface area contributed by atoms with Gasteiger partial charge in [-0.15, -0.1) is 0 Å². The van der Waals surface area contributed by atoms with Gasteiger partial charge in [-0.05, 0) is 38.0 Å². The van der Waals surface area contributed by atoms with Gasteiger partial charge in [0.15, 0.2) is 0 Å². The number of hydrogen-bond acceptors (Lipinski definition) is 2. The molecule has 1 saturated heterocycles. The van der Waals surface area contributed by atoms with Gasteiger partial charge in [0, 0.05) is 30.1 Å². The van der Waals surface area contributed by atoms with Crippen molar-refractivity contribution in [3.63, 3.8) is 0 Å². The summed E-state index contributed by atoms with van der Waals surface area (Å²) in [5.41, 5.74) is 0.505. The van der Waals surface area contributed by atoms with Gasteiger partial charge in [-0.2, -0.15) is 0 Å². The summed E-state index contributed by atoms with van der Waals surface area (Å²) in [6, 6.07) is 0. The summed E-state index contributed by atoms with van der Waals surface area (Å²) in [6.07, 6.45) is 9.71. The molecule has 2 unspecified atom stereocenters. The van der Waals surface area contributed by atoms with Crippen molar-refractivity contribution in [2.24, 2.45) is 11.3 Å². The fourth-order valence-corrected chi connectivity index (χ4v) is 4.86. The summed E-state index contributed by atoms with van der Waals surface area (Å²) in [4.78, 5) is 0.720. The van der Waals surface area contributed by atoms with E-state index in [9.17, 15) is 0 Å². The first-order chi connectivity index (χ1) is 8.31. The Balaban J connectivity index is 1.49. The van der Waals surface area contributed by atoms with Gasteiger partial charge in [0.25, 0.3) is 0 Å². The number of rotatable bonds is 3. The molecule has 1 heterocycles. The first-order valence-corrected chi connectivity index (χ1v) is 8.06. The van der Waals surface area contributed by atoms with Crippen molar-refractivity contribution in [3.05, 3.63) is 0 Å². The Morgan fingerprint density at radius 3 is 2.53 bits per heavy atom. The van der Waals surface area contributed by atoms with Gasteiger partial charge in [0.05, 0.1) is 6.10 Å². The third-order valence-electron chi connectivity index (χ3n) is 5.09. The van der Waals surface area contributed by atoms with Gasteiger partial charge in [0.2, 0.25) is 0 Å². The van der Waals surface area contributed by atoms with E-state index in [1.54, 1.807) is 0 Å². The lowest BCUT2D eigenvalue weighted by Gasteiger charge is -2.52. The van der Waals surface area contributed by atoms with Crippen LogP contribution in [0.4, 0.5) is 0 Å². The second kappa shape index (κ2) is 5.18. The largest absolute Gasteiger partial charge is 0.381 e. The van der Waals surface area contributed by atoms with Crippen LogP contribution in [0.25, 0.3) is 0 Å². The highest BCUT2D eigenvalue weighted by Gasteiger charge is 2.55. The van der Waals surface area contributed by atoms with Crippen LogP contribution in [-0.4, -0.2) is 30.8 Å². The molecule has 2 atom stereocenters. The minimum atomic E-state index is 0.505. The summed E-state index contributed by atoms with van der Waals surface area (Å²) in [5.74, 6) is 0.747. The lowest BCUT2D eigenvalue weighted by Crippen LogP contribution is -2.54. The molecule has 0 amide bonds. The average Bonchev–Trinajstić information content (AvgIpc) is 2.88. The number of ether oxygens (including phenoxy) is 2. The zero-order chi connectivity index (χ0) is 11.7. The first-order valence-electron chi connectivity index (χ1n) is 7.15. The summed E-state index contributed by atoms with van der Waals surface area (Å²) in [7, 11) is 0. The van der Waals surface area contributed by atoms with Gasteiger partial charge >= 0.3 is 0 Å². The van der Waals surface area contributed by atoms with E-state index in [-0.39, 0.29) is 0 Å². The first kappa shape index (κ1) is 12.4. The third-order valence-corrected chi connectivity index (χ3v) is 6.38. The summed E-state index contributed by atoms with van der Waals surface area (Å²) in [5, 5.41) is 0. The predicted molar refractivity (Wildman–Crippen MR) is 71.5 cm³/mol. The second-order valence-electron chi connectivity index (χ2n) is 6.02. The third kappa shape index (κ3) is 2.31. The fraction of sp³-hybridized carbons (Fsp3) is 1.00. The fourth-order valence-electron chi connectivity index (χ4n) is 3.77. The van der Waals surface area contributed by atoms with Crippen LogP contribution in [0.1, 0.15) is 44.9 Å². The van der Waals surface area contributed by atoms with Crippen molar-refractivity contribution in [2.45, 2.75) is 55.9 Å². The van der Waals surface area contributed by atoms with E-state index in [4.69, 9.17) is 9.47 Å². The zero-order valence-electron chi connectivity index (χ0n) is 10.5. The minimum absolute atomic E-state index is 0.505. The van der Waals surface area contributed by atoms with E-state index < -0.39 is 0 Å². The maximum absolute atomic E-state index is 6.24. The van der Waals surface area contributed by atoms with Gasteiger partial charge in [-0.25, -0.2) is 0 Å². The summed E-state index contributed by atoms with van der Waals surface area (Å²) in [6.45, 7) is 2.84. The molecule has 1 spiro atoms. The van der Waals surface area contributed by atoms with E-state index >= 15 is 0 Å². The summed E-state index contributed by atoms with van der Waals surface area (Å²) < 4.78 is 11.6. The van der Waals surface area contributed by atoms with Crippen molar-refractivity contribution in [1.82, 2.24) is 0 Å². The Morgan fingerprint density at radius 1 is 1.18 bits per heavy atom. The molecule has 2 nitrogen and oxygen atoms in total. The normalized spacial score (nSPS) is 37.2. The Labute approximate surface area is 113 Å². The molecule has 2 aliphatic carbocycles. The van der Waals surface area contributed by atoms with Gasteiger partial charge in [0.1, 0.15) is 0 Å². The van der Waals surface area contributed by atoms with E-state index in [1.807, 2.05) is 0 Å². The lowest BCUT2D eigenvalue weighted by atomic mass is 9.64. The van der Waals surface area contributed by atoms with Crippen LogP contribution in [0.3, 0.4) is 0 Å². The van der Waals surface area contributed by atoms with E-state index in [2.05, 4.69) is 15.9 Å². The van der Waals surface area contributed by atoms with E-state index in [0.29, 0.717) is 11.5 Å². The monoisotopic (exact) mass is 302 g/mol. The minimum Gasteiger partial charge on any atom is -0.381 e. The van der Waals surface area contributed by atoms with Crippen LogP contribution in [0.2, 0.25) is 0 Å². The average molecular weight is 303 g/mol. The second-order valence-corrected chi connectivity index (χ2v) is 7.13. The Morgan fingerprint density at radius 2 is 1.88 bits per heavy atom. The molecule has 0 bridgehead atoms. The Bertz CT molecular complexity index is 257. The number of halogens is 1. The zero-order valence-corrected chi connectivity index (χ0v) is 12.1. The quantitative estimate of drug-likeness (QED) is 0.743. The van der Waals surface area contributed by atoms with E-state index in [0.717, 1.165) is 30.6 Å². The molecule has 17 heavy (non-hydrogen) atoms. The van der Waals surface area contributed by atoms with Crippen molar-refractivity contribution in [1.29, 1.82) is 0 Å². The smallest absolute Gasteiger partial charge is 0.0653 e. The van der Waals surface area contributed by atoms with Gasteiger partial charge in [-0.3, -0.25) is 0 Å². The molecule has 3 rings (SSSR count). The van der Waals surface area contributed by atoms with Crippen LogP contribution < -0.4 is 0 Å². The van der Waals surface area contributed by atoms with Gasteiger partial charge < -0.3 is 9.47 Å². The molecule has 0 radical (unpaired) electrons. The molecule has 3 aliphatic rings. The molecule has 0 aromatic carbocycles. The Hall–Kier alpha value is 0.400. The SMILES string of the molecule is BrC1CC(OCC2CCOCC2)C12CCCC2. The van der Waals surface area contributed by atoms with Crippen LogP contribution >= 0.6 is 15.9 Å². The van der Waals surface area contributed by atoms with Crippen LogP contribution in [-0.2, 0) is 9.47 Å². The molecule has 1 aliphatic heterocycles. The maximum Gasteiger partial charge on any atom is 0.0653 e. The molecule has 98 valence electrons. The highest BCUT2D eigenvalue weighted by Crippen LogP contribution is 2.57. The molecular formula is C14H23BrO2. The predicted octanol–water partition coefficient (Wildman–Crippen LogP) is 3.53. The molecule has 0 aromatic heterocycles. The molecular weight excluding hydrogens is 280 g/mol. The van der Waals surface area contributed by atoms with Crippen molar-refractivity contribution in [2.75, 3.05) is 19.8 Å². The highest BCUT2D eigenvalue weighted by atomic mass is 79.9. The standard InChI is InChI=1S/C14H23BrO2/c15-12-9-13(14(12)5-1-2-6-14)17-10-11-3-7-16-8-4-11/h11-13H,1-10H2. The van der Waals surface area contributed by atoms with Crippen molar-refractivity contribution in [3.8, 4) is 0 Å². The van der Waals surface area contributed by atoms with Crippen molar-refractivity contribution >= 4 is 15.9 Å². The molecule has 3 fully saturated rings. The molecule has 3 heteroatoms. The highest BCUT2D eigenvalue weighted by molar-refractivity contribution is 9.09. The maximum atomic E-state index is 6.24. The van der Waals surface area contributed by atoms with Crippen LogP contribution in [0.5, 0.6) is 0 Å². The number of alkyl halides is 1. The van der Waals surface area contributed by atoms with Crippen molar-refractivity contribution < 1.29 is 9.47 Å². The molecule has 0 N–H and O–H groups in total. The Kier molecular flexibility index (Phi) is 3.79. The molecule has 0 aromatic rings. The van der Waals surface area contributed by atoms with Crippen LogP contribution in [0, 0.1) is 11.3 Å². The van der Waals surface area contributed by atoms with E-state index in [1.165, 1.54) is 44.9 Å². The topological polar surface area (TPSA) is 18.5 Å². The van der Waals surface area contributed by atoms with Gasteiger partial charge in [-0.1, -0.05) is 28.8 Å². The van der Waals surface area contributed by atoms with Crippen LogP contribution in [0.15, 0.2) is 0 Å². The summed E-state index contributed by atoms with van der Waals surface area (Å²) >= 11 is 3.85. The lowest BCUT2D eigenvalue weighted by molar-refractivity contribution is -0.117. The number of hydrogen-bond donors (Lipinski definition) is 0. The molecule has 2 saturated carbocycles.